The molecule has 1 amide bonds. The molecule has 10 heteroatoms. The number of nitrogens with one attached hydrogen (secondary N) is 1. The van der Waals surface area contributed by atoms with Crippen LogP contribution in [0.1, 0.15) is 33.3 Å². The van der Waals surface area contributed by atoms with Crippen LogP contribution >= 0.6 is 0 Å². The Kier molecular flexibility index (Phi) is 4.58. The number of benzene rings is 1. The Morgan fingerprint density at radius 1 is 1.38 bits per heavy atom. The molecule has 1 aromatic carbocycles. The number of amides is 1. The molecule has 2 rings (SSSR count). The van der Waals surface area contributed by atoms with E-state index in [1.807, 2.05) is 0 Å². The summed E-state index contributed by atoms with van der Waals surface area (Å²) in [7, 11) is 0. The van der Waals surface area contributed by atoms with Crippen LogP contribution in [0.25, 0.3) is 0 Å². The maximum atomic E-state index is 12.6. The minimum absolute atomic E-state index is 0.147. The first-order valence-corrected chi connectivity index (χ1v) is 6.66. The molecule has 0 unspecified atom stereocenters. The summed E-state index contributed by atoms with van der Waals surface area (Å²) < 4.78 is 43.1. The first-order chi connectivity index (χ1) is 11.1. The molecule has 0 radical (unpaired) electrons. The van der Waals surface area contributed by atoms with Gasteiger partial charge in [0.05, 0.1) is 22.7 Å². The monoisotopic (exact) mass is 343 g/mol. The molecule has 0 spiro atoms. The third kappa shape index (κ3) is 3.70. The van der Waals surface area contributed by atoms with Crippen molar-refractivity contribution in [3.63, 3.8) is 0 Å². The van der Waals surface area contributed by atoms with Crippen molar-refractivity contribution in [1.29, 1.82) is 0 Å². The topological polar surface area (TPSA) is 98.3 Å². The fourth-order valence-corrected chi connectivity index (χ4v) is 1.92. The van der Waals surface area contributed by atoms with E-state index in [0.29, 0.717) is 23.6 Å². The lowest BCUT2D eigenvalue weighted by atomic mass is 10.1. The molecule has 24 heavy (non-hydrogen) atoms. The van der Waals surface area contributed by atoms with Crippen LogP contribution in [-0.4, -0.2) is 15.8 Å². The second-order valence-corrected chi connectivity index (χ2v) is 4.92. The normalized spacial score (nSPS) is 11.4. The Morgan fingerprint density at radius 2 is 2.04 bits per heavy atom. The summed E-state index contributed by atoms with van der Waals surface area (Å²) in [6.07, 6.45) is -4.74. The Balaban J connectivity index is 2.23. The number of carbonyl (C=O) groups is 1. The predicted molar refractivity (Wildman–Crippen MR) is 75.2 cm³/mol. The Labute approximate surface area is 133 Å². The molecule has 128 valence electrons. The van der Waals surface area contributed by atoms with Gasteiger partial charge in [0.2, 0.25) is 5.89 Å². The highest BCUT2D eigenvalue weighted by Crippen LogP contribution is 2.33. The van der Waals surface area contributed by atoms with Gasteiger partial charge in [0.1, 0.15) is 11.3 Å². The van der Waals surface area contributed by atoms with E-state index < -0.39 is 33.8 Å². The van der Waals surface area contributed by atoms with Crippen LogP contribution in [0.3, 0.4) is 0 Å². The summed E-state index contributed by atoms with van der Waals surface area (Å²) in [6, 6.07) is 1.71. The van der Waals surface area contributed by atoms with Gasteiger partial charge in [-0.2, -0.15) is 13.2 Å². The number of nitro groups is 1. The van der Waals surface area contributed by atoms with Gasteiger partial charge < -0.3 is 9.73 Å². The minimum atomic E-state index is -4.74. The van der Waals surface area contributed by atoms with Crippen LogP contribution < -0.4 is 5.32 Å². The molecule has 1 aromatic heterocycles. The zero-order valence-corrected chi connectivity index (χ0v) is 12.6. The van der Waals surface area contributed by atoms with Gasteiger partial charge in [-0.15, -0.1) is 0 Å². The number of nitro benzene ring substituents is 1. The van der Waals surface area contributed by atoms with Crippen LogP contribution in [-0.2, 0) is 12.7 Å². The van der Waals surface area contributed by atoms with Gasteiger partial charge in [-0.3, -0.25) is 14.9 Å². The lowest BCUT2D eigenvalue weighted by Gasteiger charge is -2.08. The summed E-state index contributed by atoms with van der Waals surface area (Å²) in [5.74, 6) is -0.156. The first-order valence-electron chi connectivity index (χ1n) is 6.66. The standard InChI is InChI=1S/C14H12F3N3O4/c1-7-8(2)24-12(19-7)6-18-13(21)10-4-3-9(14(15,16)17)5-11(10)20(22)23/h3-5H,6H2,1-2H3,(H,18,21). The predicted octanol–water partition coefficient (Wildman–Crippen LogP) is 3.15. The van der Waals surface area contributed by atoms with Crippen molar-refractivity contribution in [3.8, 4) is 0 Å². The highest BCUT2D eigenvalue weighted by Gasteiger charge is 2.34. The number of aryl methyl sites for hydroxylation is 2. The zero-order valence-electron chi connectivity index (χ0n) is 12.6. The van der Waals surface area contributed by atoms with Gasteiger partial charge in [0.15, 0.2) is 0 Å². The van der Waals surface area contributed by atoms with Crippen molar-refractivity contribution in [1.82, 2.24) is 10.3 Å². The molecule has 0 aliphatic rings. The summed E-state index contributed by atoms with van der Waals surface area (Å²) in [5.41, 5.74) is -1.99. The number of rotatable bonds is 4. The van der Waals surface area contributed by atoms with Crippen molar-refractivity contribution < 1.29 is 27.3 Å². The van der Waals surface area contributed by atoms with Crippen LogP contribution in [0.4, 0.5) is 18.9 Å². The second kappa shape index (κ2) is 6.30. The molecule has 0 saturated heterocycles. The maximum Gasteiger partial charge on any atom is 0.416 e. The number of aromatic nitrogens is 1. The Bertz CT molecular complexity index is 780. The van der Waals surface area contributed by atoms with Gasteiger partial charge >= 0.3 is 6.18 Å². The number of nitrogens with zero attached hydrogens (tertiary/aromatic N) is 2. The molecule has 0 saturated carbocycles. The number of hydrogen-bond donors (Lipinski definition) is 1. The van der Waals surface area contributed by atoms with Gasteiger partial charge in [-0.1, -0.05) is 0 Å². The molecule has 0 aliphatic heterocycles. The lowest BCUT2D eigenvalue weighted by Crippen LogP contribution is -2.24. The van der Waals surface area contributed by atoms with E-state index in [9.17, 15) is 28.1 Å². The van der Waals surface area contributed by atoms with Crippen molar-refractivity contribution in [3.05, 3.63) is 56.8 Å². The highest BCUT2D eigenvalue weighted by atomic mass is 19.4. The van der Waals surface area contributed by atoms with Gasteiger partial charge in [-0.25, -0.2) is 4.98 Å². The number of alkyl halides is 3. The molecular weight excluding hydrogens is 331 g/mol. The summed E-state index contributed by atoms with van der Waals surface area (Å²) in [4.78, 5) is 26.0. The average molecular weight is 343 g/mol. The summed E-state index contributed by atoms with van der Waals surface area (Å²) >= 11 is 0. The number of halogens is 3. The van der Waals surface area contributed by atoms with Crippen molar-refractivity contribution in [2.75, 3.05) is 0 Å². The third-order valence-electron chi connectivity index (χ3n) is 3.24. The Hall–Kier alpha value is -2.91. The third-order valence-corrected chi connectivity index (χ3v) is 3.24. The fourth-order valence-electron chi connectivity index (χ4n) is 1.92. The Morgan fingerprint density at radius 3 is 2.54 bits per heavy atom. The molecular formula is C14H12F3N3O4. The van der Waals surface area contributed by atoms with Crippen molar-refractivity contribution in [2.24, 2.45) is 0 Å². The highest BCUT2D eigenvalue weighted by molar-refractivity contribution is 5.98. The minimum Gasteiger partial charge on any atom is -0.444 e. The molecule has 0 fully saturated rings. The largest absolute Gasteiger partial charge is 0.444 e. The molecule has 0 aliphatic carbocycles. The smallest absolute Gasteiger partial charge is 0.416 e. The molecule has 0 atom stereocenters. The van der Waals surface area contributed by atoms with Crippen LogP contribution in [0.5, 0.6) is 0 Å². The van der Waals surface area contributed by atoms with Crippen LogP contribution in [0.2, 0.25) is 0 Å². The van der Waals surface area contributed by atoms with Crippen molar-refractivity contribution >= 4 is 11.6 Å². The molecule has 1 N–H and O–H groups in total. The number of carbonyl (C=O) groups excluding carboxylic acids is 1. The van der Waals surface area contributed by atoms with E-state index in [4.69, 9.17) is 4.42 Å². The number of oxazole rings is 1. The zero-order chi connectivity index (χ0) is 18.1. The fraction of sp³-hybridized carbons (Fsp3) is 0.286. The first kappa shape index (κ1) is 17.4. The summed E-state index contributed by atoms with van der Waals surface area (Å²) in [5, 5.41) is 13.3. The summed E-state index contributed by atoms with van der Waals surface area (Å²) in [6.45, 7) is 3.23. The van der Waals surface area contributed by atoms with E-state index in [1.54, 1.807) is 13.8 Å². The van der Waals surface area contributed by atoms with Gasteiger partial charge in [-0.05, 0) is 26.0 Å². The lowest BCUT2D eigenvalue weighted by molar-refractivity contribution is -0.385. The number of hydrogen-bond acceptors (Lipinski definition) is 5. The molecule has 1 heterocycles. The van der Waals surface area contributed by atoms with E-state index in [2.05, 4.69) is 10.3 Å². The van der Waals surface area contributed by atoms with E-state index in [1.165, 1.54) is 0 Å². The SMILES string of the molecule is Cc1nc(CNC(=O)c2ccc(C(F)(F)F)cc2[N+](=O)[O-])oc1C. The second-order valence-electron chi connectivity index (χ2n) is 4.92. The van der Waals surface area contributed by atoms with Gasteiger partial charge in [0, 0.05) is 6.07 Å². The van der Waals surface area contributed by atoms with E-state index in [-0.39, 0.29) is 12.4 Å². The molecule has 2 aromatic rings. The van der Waals surface area contributed by atoms with Crippen LogP contribution in [0, 0.1) is 24.0 Å². The van der Waals surface area contributed by atoms with Crippen LogP contribution in [0.15, 0.2) is 22.6 Å². The maximum absolute atomic E-state index is 12.6. The quantitative estimate of drug-likeness (QED) is 0.679. The molecule has 7 nitrogen and oxygen atoms in total. The molecule has 0 bridgehead atoms. The van der Waals surface area contributed by atoms with Gasteiger partial charge in [0.25, 0.3) is 11.6 Å². The van der Waals surface area contributed by atoms with E-state index >= 15 is 0 Å². The average Bonchev–Trinajstić information content (AvgIpc) is 2.81. The van der Waals surface area contributed by atoms with E-state index in [0.717, 1.165) is 6.07 Å². The van der Waals surface area contributed by atoms with Crippen molar-refractivity contribution in [2.45, 2.75) is 26.6 Å².